The summed E-state index contributed by atoms with van der Waals surface area (Å²) in [5.74, 6) is -0.518. The molecule has 2 nitrogen and oxygen atoms in total. The highest BCUT2D eigenvalue weighted by Crippen LogP contribution is 2.22. The third kappa shape index (κ3) is 2.38. The van der Waals surface area contributed by atoms with Crippen molar-refractivity contribution in [2.45, 2.75) is 25.6 Å². The summed E-state index contributed by atoms with van der Waals surface area (Å²) in [7, 11) is 0. The molecule has 0 saturated carbocycles. The van der Waals surface area contributed by atoms with Gasteiger partial charge in [0, 0.05) is 24.7 Å². The number of hydrogen-bond acceptors (Lipinski definition) is 1. The van der Waals surface area contributed by atoms with Crippen LogP contribution in [0, 0.1) is 11.6 Å². The van der Waals surface area contributed by atoms with Crippen LogP contribution in [0.2, 0.25) is 0 Å². The van der Waals surface area contributed by atoms with E-state index in [1.807, 2.05) is 6.92 Å². The first-order chi connectivity index (χ1) is 8.67. The van der Waals surface area contributed by atoms with E-state index >= 15 is 0 Å². The first-order valence-corrected chi connectivity index (χ1v) is 6.27. The van der Waals surface area contributed by atoms with Gasteiger partial charge in [-0.25, -0.2) is 13.8 Å². The van der Waals surface area contributed by atoms with Gasteiger partial charge in [0.2, 0.25) is 0 Å². The molecular formula is C13H13ClF2N2. The van der Waals surface area contributed by atoms with E-state index in [4.69, 9.17) is 11.6 Å². The Bertz CT molecular complexity index is 529. The molecule has 0 atom stereocenters. The highest BCUT2D eigenvalue weighted by molar-refractivity contribution is 6.17. The fourth-order valence-corrected chi connectivity index (χ4v) is 2.03. The second kappa shape index (κ2) is 5.48. The molecule has 96 valence electrons. The molecule has 18 heavy (non-hydrogen) atoms. The highest BCUT2D eigenvalue weighted by atomic mass is 35.5. The molecule has 0 bridgehead atoms. The fraction of sp³-hybridized carbons (Fsp3) is 0.308. The number of imidazole rings is 1. The van der Waals surface area contributed by atoms with Crippen LogP contribution in [0.5, 0.6) is 0 Å². The molecule has 0 N–H and O–H groups in total. The van der Waals surface area contributed by atoms with Crippen LogP contribution >= 0.6 is 11.6 Å². The second-order valence-corrected chi connectivity index (χ2v) is 4.27. The van der Waals surface area contributed by atoms with E-state index in [0.29, 0.717) is 17.8 Å². The number of rotatable bonds is 4. The summed E-state index contributed by atoms with van der Waals surface area (Å²) in [5, 5.41) is 0. The molecule has 0 fully saturated rings. The SMILES string of the molecule is CCCc1nccn1-c1c(F)cc(CCl)cc1F. The van der Waals surface area contributed by atoms with E-state index in [9.17, 15) is 8.78 Å². The van der Waals surface area contributed by atoms with Crippen molar-refractivity contribution in [2.75, 3.05) is 0 Å². The molecule has 1 heterocycles. The molecule has 2 rings (SSSR count). The van der Waals surface area contributed by atoms with Crippen molar-refractivity contribution in [3.05, 3.63) is 47.5 Å². The summed E-state index contributed by atoms with van der Waals surface area (Å²) in [6, 6.07) is 2.50. The van der Waals surface area contributed by atoms with E-state index in [1.54, 1.807) is 12.4 Å². The zero-order valence-corrected chi connectivity index (χ0v) is 10.7. The van der Waals surface area contributed by atoms with Crippen LogP contribution in [0.15, 0.2) is 24.5 Å². The number of nitrogens with zero attached hydrogens (tertiary/aromatic N) is 2. The molecule has 0 unspecified atom stereocenters. The second-order valence-electron chi connectivity index (χ2n) is 4.01. The molecule has 1 aromatic carbocycles. The predicted octanol–water partition coefficient (Wildman–Crippen LogP) is 3.84. The van der Waals surface area contributed by atoms with Gasteiger partial charge in [-0.1, -0.05) is 6.92 Å². The number of hydrogen-bond donors (Lipinski definition) is 0. The highest BCUT2D eigenvalue weighted by Gasteiger charge is 2.15. The molecule has 0 aliphatic carbocycles. The summed E-state index contributed by atoms with van der Waals surface area (Å²) in [5.41, 5.74) is 0.331. The van der Waals surface area contributed by atoms with Crippen LogP contribution in [-0.2, 0) is 12.3 Å². The first kappa shape index (κ1) is 13.0. The molecule has 0 amide bonds. The molecule has 5 heteroatoms. The maximum Gasteiger partial charge on any atom is 0.150 e. The third-order valence-electron chi connectivity index (χ3n) is 2.66. The summed E-state index contributed by atoms with van der Waals surface area (Å²) in [4.78, 5) is 4.11. The lowest BCUT2D eigenvalue weighted by Crippen LogP contribution is -2.06. The Morgan fingerprint density at radius 2 is 1.94 bits per heavy atom. The Morgan fingerprint density at radius 1 is 1.28 bits per heavy atom. The normalized spacial score (nSPS) is 10.9. The monoisotopic (exact) mass is 270 g/mol. The van der Waals surface area contributed by atoms with Crippen molar-refractivity contribution in [1.82, 2.24) is 9.55 Å². The third-order valence-corrected chi connectivity index (χ3v) is 2.97. The van der Waals surface area contributed by atoms with Crippen molar-refractivity contribution < 1.29 is 8.78 Å². The summed E-state index contributed by atoms with van der Waals surface area (Å²) >= 11 is 5.58. The van der Waals surface area contributed by atoms with E-state index < -0.39 is 11.6 Å². The Hall–Kier alpha value is -1.42. The number of benzene rings is 1. The predicted molar refractivity (Wildman–Crippen MR) is 67.0 cm³/mol. The van der Waals surface area contributed by atoms with Gasteiger partial charge < -0.3 is 0 Å². The lowest BCUT2D eigenvalue weighted by Gasteiger charge is -2.10. The Morgan fingerprint density at radius 3 is 2.50 bits per heavy atom. The van der Waals surface area contributed by atoms with Gasteiger partial charge >= 0.3 is 0 Å². The molecule has 0 radical (unpaired) electrons. The topological polar surface area (TPSA) is 17.8 Å². The van der Waals surface area contributed by atoms with Gasteiger partial charge in [0.05, 0.1) is 0 Å². The molecule has 0 spiro atoms. The number of alkyl halides is 1. The minimum atomic E-state index is -0.624. The van der Waals surface area contributed by atoms with Gasteiger partial charge in [0.1, 0.15) is 11.5 Å². The van der Waals surface area contributed by atoms with E-state index in [2.05, 4.69) is 4.98 Å². The van der Waals surface area contributed by atoms with Gasteiger partial charge in [0.25, 0.3) is 0 Å². The average molecular weight is 271 g/mol. The zero-order chi connectivity index (χ0) is 13.1. The lowest BCUT2D eigenvalue weighted by molar-refractivity contribution is 0.563. The molecule has 0 aliphatic heterocycles. The van der Waals surface area contributed by atoms with E-state index in [0.717, 1.165) is 6.42 Å². The molecule has 0 aliphatic rings. The van der Waals surface area contributed by atoms with Gasteiger partial charge in [-0.05, 0) is 24.1 Å². The van der Waals surface area contributed by atoms with Crippen LogP contribution in [0.3, 0.4) is 0 Å². The van der Waals surface area contributed by atoms with Crippen molar-refractivity contribution >= 4 is 11.6 Å². The van der Waals surface area contributed by atoms with Crippen LogP contribution < -0.4 is 0 Å². The quantitative estimate of drug-likeness (QED) is 0.772. The Kier molecular flexibility index (Phi) is 3.97. The lowest BCUT2D eigenvalue weighted by atomic mass is 10.2. The maximum atomic E-state index is 13.9. The van der Waals surface area contributed by atoms with Crippen LogP contribution in [-0.4, -0.2) is 9.55 Å². The summed E-state index contributed by atoms with van der Waals surface area (Å²) < 4.78 is 29.3. The van der Waals surface area contributed by atoms with Gasteiger partial charge in [0.15, 0.2) is 11.6 Å². The van der Waals surface area contributed by atoms with Crippen molar-refractivity contribution in [2.24, 2.45) is 0 Å². The smallest absolute Gasteiger partial charge is 0.150 e. The number of halogens is 3. The van der Waals surface area contributed by atoms with Crippen LogP contribution in [0.4, 0.5) is 8.78 Å². The van der Waals surface area contributed by atoms with Gasteiger partial charge in [-0.2, -0.15) is 0 Å². The van der Waals surface area contributed by atoms with Crippen molar-refractivity contribution in [1.29, 1.82) is 0 Å². The van der Waals surface area contributed by atoms with Crippen LogP contribution in [0.25, 0.3) is 5.69 Å². The molecular weight excluding hydrogens is 258 g/mol. The first-order valence-electron chi connectivity index (χ1n) is 5.73. The maximum absolute atomic E-state index is 13.9. The number of aryl methyl sites for hydroxylation is 1. The van der Waals surface area contributed by atoms with Gasteiger partial charge in [-0.15, -0.1) is 11.6 Å². The largest absolute Gasteiger partial charge is 0.298 e. The molecule has 0 saturated heterocycles. The summed E-state index contributed by atoms with van der Waals surface area (Å²) in [6.07, 6.45) is 4.63. The minimum absolute atomic E-state index is 0.0832. The van der Waals surface area contributed by atoms with E-state index in [1.165, 1.54) is 16.7 Å². The Labute approximate surface area is 109 Å². The minimum Gasteiger partial charge on any atom is -0.298 e. The number of aromatic nitrogens is 2. The summed E-state index contributed by atoms with van der Waals surface area (Å²) in [6.45, 7) is 1.99. The van der Waals surface area contributed by atoms with Crippen molar-refractivity contribution in [3.63, 3.8) is 0 Å². The van der Waals surface area contributed by atoms with Gasteiger partial charge in [-0.3, -0.25) is 4.57 Å². The van der Waals surface area contributed by atoms with E-state index in [-0.39, 0.29) is 11.6 Å². The average Bonchev–Trinajstić information content (AvgIpc) is 2.77. The standard InChI is InChI=1S/C13H13ClF2N2/c1-2-3-12-17-4-5-18(12)13-10(15)6-9(8-14)7-11(13)16/h4-7H,2-3,8H2,1H3. The molecule has 2 aromatic rings. The fourth-order valence-electron chi connectivity index (χ4n) is 1.87. The van der Waals surface area contributed by atoms with Crippen LogP contribution in [0.1, 0.15) is 24.7 Å². The Balaban J connectivity index is 2.53. The zero-order valence-electron chi connectivity index (χ0n) is 9.96. The van der Waals surface area contributed by atoms with Crippen molar-refractivity contribution in [3.8, 4) is 5.69 Å². The molecule has 1 aromatic heterocycles.